The number of rotatable bonds is 7. The molecule has 0 aliphatic heterocycles. The van der Waals surface area contributed by atoms with E-state index >= 15 is 0 Å². The average molecular weight is 343 g/mol. The van der Waals surface area contributed by atoms with Crippen LogP contribution < -0.4 is 16.0 Å². The van der Waals surface area contributed by atoms with Crippen LogP contribution in [0, 0.1) is 11.8 Å². The van der Waals surface area contributed by atoms with Crippen LogP contribution in [0.25, 0.3) is 0 Å². The first-order valence-electron chi connectivity index (χ1n) is 8.41. The second-order valence-electron chi connectivity index (χ2n) is 7.74. The van der Waals surface area contributed by atoms with Crippen molar-refractivity contribution in [3.8, 4) is 0 Å². The molecule has 0 aromatic heterocycles. The van der Waals surface area contributed by atoms with Crippen LogP contribution in [-0.4, -0.2) is 42.1 Å². The first kappa shape index (κ1) is 22.2. The lowest BCUT2D eigenvalue weighted by atomic mass is 10.0. The van der Waals surface area contributed by atoms with E-state index in [2.05, 4.69) is 16.0 Å². The number of amides is 3. The van der Waals surface area contributed by atoms with Crippen LogP contribution in [-0.2, 0) is 14.3 Å². The number of carbonyl (C=O) groups excluding carboxylic acids is 3. The van der Waals surface area contributed by atoms with Gasteiger partial charge < -0.3 is 20.7 Å². The summed E-state index contributed by atoms with van der Waals surface area (Å²) in [5, 5.41) is 7.96. The molecule has 0 rings (SSSR count). The van der Waals surface area contributed by atoms with Crippen LogP contribution >= 0.6 is 0 Å². The average Bonchev–Trinajstić information content (AvgIpc) is 2.39. The highest BCUT2D eigenvalue weighted by Gasteiger charge is 2.28. The number of nitrogens with one attached hydrogen (secondary N) is 3. The van der Waals surface area contributed by atoms with E-state index in [1.165, 1.54) is 0 Å². The first-order chi connectivity index (χ1) is 10.8. The molecule has 3 N–H and O–H groups in total. The Morgan fingerprint density at radius 2 is 1.46 bits per heavy atom. The highest BCUT2D eigenvalue weighted by atomic mass is 16.6. The highest BCUT2D eigenvalue weighted by molar-refractivity contribution is 5.91. The number of alkyl carbamates (subject to hydrolysis) is 1. The van der Waals surface area contributed by atoms with Crippen molar-refractivity contribution in [1.82, 2.24) is 16.0 Å². The van der Waals surface area contributed by atoms with Gasteiger partial charge in [-0.3, -0.25) is 9.59 Å². The lowest BCUT2D eigenvalue weighted by Gasteiger charge is -2.26. The number of carbonyl (C=O) groups is 3. The van der Waals surface area contributed by atoms with Gasteiger partial charge >= 0.3 is 6.09 Å². The van der Waals surface area contributed by atoms with Gasteiger partial charge in [0, 0.05) is 6.54 Å². The fourth-order valence-corrected chi connectivity index (χ4v) is 1.80. The molecule has 7 heteroatoms. The minimum Gasteiger partial charge on any atom is -0.444 e. The molecule has 140 valence electrons. The Hall–Kier alpha value is -1.79. The summed E-state index contributed by atoms with van der Waals surface area (Å²) < 4.78 is 5.18. The molecule has 0 aliphatic rings. The molecule has 0 unspecified atom stereocenters. The van der Waals surface area contributed by atoms with Gasteiger partial charge in [-0.05, 0) is 39.5 Å². The summed E-state index contributed by atoms with van der Waals surface area (Å²) in [6.45, 7) is 15.0. The van der Waals surface area contributed by atoms with Crippen LogP contribution in [0.3, 0.4) is 0 Å². The predicted molar refractivity (Wildman–Crippen MR) is 93.4 cm³/mol. The molecule has 0 saturated carbocycles. The fraction of sp³-hybridized carbons (Fsp3) is 0.824. The molecule has 0 heterocycles. The largest absolute Gasteiger partial charge is 0.444 e. The van der Waals surface area contributed by atoms with E-state index in [0.29, 0.717) is 12.5 Å². The van der Waals surface area contributed by atoms with Crippen molar-refractivity contribution in [2.75, 3.05) is 6.54 Å². The van der Waals surface area contributed by atoms with Gasteiger partial charge in [0.2, 0.25) is 11.8 Å². The van der Waals surface area contributed by atoms with Crippen molar-refractivity contribution in [1.29, 1.82) is 0 Å². The Bertz CT molecular complexity index is 442. The van der Waals surface area contributed by atoms with E-state index in [0.717, 1.165) is 0 Å². The second-order valence-corrected chi connectivity index (χ2v) is 7.74. The van der Waals surface area contributed by atoms with Gasteiger partial charge in [-0.15, -0.1) is 0 Å². The van der Waals surface area contributed by atoms with Crippen molar-refractivity contribution < 1.29 is 19.1 Å². The third-order valence-electron chi connectivity index (χ3n) is 3.06. The maximum absolute atomic E-state index is 12.4. The molecule has 0 saturated heterocycles. The molecule has 2 atom stereocenters. The topological polar surface area (TPSA) is 96.5 Å². The lowest BCUT2D eigenvalue weighted by molar-refractivity contribution is -0.130. The van der Waals surface area contributed by atoms with Crippen molar-refractivity contribution in [2.45, 2.75) is 73.1 Å². The van der Waals surface area contributed by atoms with Gasteiger partial charge in [-0.25, -0.2) is 4.79 Å². The molecule has 7 nitrogen and oxygen atoms in total. The van der Waals surface area contributed by atoms with Crippen LogP contribution in [0.4, 0.5) is 4.79 Å². The van der Waals surface area contributed by atoms with Gasteiger partial charge in [0.05, 0.1) is 0 Å². The van der Waals surface area contributed by atoms with E-state index in [-0.39, 0.29) is 11.8 Å². The second kappa shape index (κ2) is 9.49. The van der Waals surface area contributed by atoms with Gasteiger partial charge in [0.25, 0.3) is 0 Å². The monoisotopic (exact) mass is 343 g/mol. The molecular formula is C17H33N3O4. The third kappa shape index (κ3) is 9.37. The Balaban J connectivity index is 4.69. The minimum atomic E-state index is -0.778. The van der Waals surface area contributed by atoms with Gasteiger partial charge in [-0.1, -0.05) is 27.7 Å². The van der Waals surface area contributed by atoms with Crippen molar-refractivity contribution in [2.24, 2.45) is 11.8 Å². The summed E-state index contributed by atoms with van der Waals surface area (Å²) in [6.07, 6.45) is -0.659. The standard InChI is InChI=1S/C17H33N3O4/c1-10(2)9-18-14(21)12(5)19-15(22)13(11(3)4)20-16(23)24-17(6,7)8/h10-13H,9H2,1-8H3,(H,18,21)(H,19,22)(H,20,23)/t12-,13-/m0/s1. The Labute approximate surface area is 145 Å². The molecule has 24 heavy (non-hydrogen) atoms. The molecule has 0 bridgehead atoms. The first-order valence-corrected chi connectivity index (χ1v) is 8.41. The molecular weight excluding hydrogens is 310 g/mol. The Morgan fingerprint density at radius 3 is 1.88 bits per heavy atom. The maximum atomic E-state index is 12.4. The summed E-state index contributed by atoms with van der Waals surface area (Å²) in [4.78, 5) is 36.2. The molecule has 0 aromatic rings. The van der Waals surface area contributed by atoms with E-state index in [1.54, 1.807) is 27.7 Å². The molecule has 0 spiro atoms. The van der Waals surface area contributed by atoms with Crippen LogP contribution in [0.1, 0.15) is 55.4 Å². The van der Waals surface area contributed by atoms with Gasteiger partial charge in [-0.2, -0.15) is 0 Å². The lowest BCUT2D eigenvalue weighted by Crippen LogP contribution is -2.55. The normalized spacial score (nSPS) is 14.1. The SMILES string of the molecule is CC(C)CNC(=O)[C@H](C)NC(=O)[C@@H](NC(=O)OC(C)(C)C)C(C)C. The van der Waals surface area contributed by atoms with Crippen molar-refractivity contribution in [3.05, 3.63) is 0 Å². The molecule has 0 aromatic carbocycles. The third-order valence-corrected chi connectivity index (χ3v) is 3.06. The predicted octanol–water partition coefficient (Wildman–Crippen LogP) is 1.81. The summed E-state index contributed by atoms with van der Waals surface area (Å²) in [5.74, 6) is -0.488. The smallest absolute Gasteiger partial charge is 0.408 e. The highest BCUT2D eigenvalue weighted by Crippen LogP contribution is 2.09. The zero-order chi connectivity index (χ0) is 19.1. The summed E-state index contributed by atoms with van der Waals surface area (Å²) in [5.41, 5.74) is -0.647. The molecule has 3 amide bonds. The van der Waals surface area contributed by atoms with Crippen LogP contribution in [0.15, 0.2) is 0 Å². The van der Waals surface area contributed by atoms with E-state index in [9.17, 15) is 14.4 Å². The Morgan fingerprint density at radius 1 is 0.917 bits per heavy atom. The van der Waals surface area contributed by atoms with Crippen molar-refractivity contribution in [3.63, 3.8) is 0 Å². The Kier molecular flexibility index (Phi) is 8.78. The minimum absolute atomic E-state index is 0.150. The zero-order valence-electron chi connectivity index (χ0n) is 16.1. The van der Waals surface area contributed by atoms with Gasteiger partial charge in [0.1, 0.15) is 17.7 Å². The van der Waals surface area contributed by atoms with E-state index in [1.807, 2.05) is 27.7 Å². The van der Waals surface area contributed by atoms with Crippen LogP contribution in [0.2, 0.25) is 0 Å². The van der Waals surface area contributed by atoms with E-state index in [4.69, 9.17) is 4.74 Å². The van der Waals surface area contributed by atoms with E-state index < -0.39 is 29.7 Å². The summed E-state index contributed by atoms with van der Waals surface area (Å²) in [6, 6.07) is -1.46. The summed E-state index contributed by atoms with van der Waals surface area (Å²) in [7, 11) is 0. The van der Waals surface area contributed by atoms with Crippen LogP contribution in [0.5, 0.6) is 0 Å². The number of ether oxygens (including phenoxy) is 1. The zero-order valence-corrected chi connectivity index (χ0v) is 16.1. The maximum Gasteiger partial charge on any atom is 0.408 e. The molecule has 0 radical (unpaired) electrons. The van der Waals surface area contributed by atoms with Crippen molar-refractivity contribution >= 4 is 17.9 Å². The number of hydrogen-bond acceptors (Lipinski definition) is 4. The molecule has 0 fully saturated rings. The summed E-state index contributed by atoms with van der Waals surface area (Å²) >= 11 is 0. The quantitative estimate of drug-likeness (QED) is 0.657. The molecule has 0 aliphatic carbocycles. The fourth-order valence-electron chi connectivity index (χ4n) is 1.80. The number of hydrogen-bond donors (Lipinski definition) is 3. The van der Waals surface area contributed by atoms with Gasteiger partial charge in [0.15, 0.2) is 0 Å².